The Kier molecular flexibility index (Phi) is 3.63. The molecule has 0 unspecified atom stereocenters. The molecule has 1 aromatic carbocycles. The molecule has 0 aromatic heterocycles. The third-order valence-electron chi connectivity index (χ3n) is 1.23. The molecule has 0 aliphatic heterocycles. The molecule has 1 N–H and O–H groups in total. The zero-order valence-electron chi connectivity index (χ0n) is 6.60. The average molecular weight is 183 g/mol. The fraction of sp³-hybridized carbons (Fsp3) is 0.125. The predicted molar refractivity (Wildman–Crippen MR) is 50.8 cm³/mol. The van der Waals surface area contributed by atoms with E-state index in [1.165, 1.54) is 7.11 Å². The zero-order valence-corrected chi connectivity index (χ0v) is 7.41. The van der Waals surface area contributed by atoms with Crippen LogP contribution in [0.4, 0.5) is 5.69 Å². The van der Waals surface area contributed by atoms with Gasteiger partial charge in [0.25, 0.3) is 5.23 Å². The number of para-hydroxylation sites is 1. The summed E-state index contributed by atoms with van der Waals surface area (Å²) in [6, 6.07) is 9.30. The van der Waals surface area contributed by atoms with E-state index in [9.17, 15) is 0 Å². The van der Waals surface area contributed by atoms with E-state index >= 15 is 0 Å². The van der Waals surface area contributed by atoms with Crippen molar-refractivity contribution in [2.75, 3.05) is 7.11 Å². The van der Waals surface area contributed by atoms with Crippen molar-refractivity contribution >= 4 is 23.0 Å². The standard InChI is InChI=1S/C8H9NO2S/c1-11-8(12-10)9-7-5-3-2-4-6-7/h2-6,10H,1H3. The Labute approximate surface area is 75.3 Å². The number of hydrogen-bond acceptors (Lipinski definition) is 4. The van der Waals surface area contributed by atoms with Crippen molar-refractivity contribution in [1.82, 2.24) is 0 Å². The van der Waals surface area contributed by atoms with Crippen LogP contribution >= 0.6 is 12.0 Å². The summed E-state index contributed by atoms with van der Waals surface area (Å²) >= 11 is 0.493. The fourth-order valence-electron chi connectivity index (χ4n) is 0.711. The van der Waals surface area contributed by atoms with Gasteiger partial charge in [0.2, 0.25) is 0 Å². The van der Waals surface area contributed by atoms with Crippen LogP contribution in [0.25, 0.3) is 0 Å². The number of benzene rings is 1. The van der Waals surface area contributed by atoms with Gasteiger partial charge in [-0.3, -0.25) is 0 Å². The Morgan fingerprint density at radius 3 is 2.58 bits per heavy atom. The van der Waals surface area contributed by atoms with Crippen LogP contribution in [0.1, 0.15) is 0 Å². The van der Waals surface area contributed by atoms with Crippen molar-refractivity contribution in [3.63, 3.8) is 0 Å². The smallest absolute Gasteiger partial charge is 0.278 e. The van der Waals surface area contributed by atoms with Crippen molar-refractivity contribution in [3.8, 4) is 0 Å². The Hall–Kier alpha value is -1.00. The van der Waals surface area contributed by atoms with E-state index in [1.54, 1.807) is 0 Å². The van der Waals surface area contributed by atoms with Gasteiger partial charge in [-0.25, -0.2) is 4.99 Å². The molecule has 0 fully saturated rings. The topological polar surface area (TPSA) is 41.8 Å². The highest BCUT2D eigenvalue weighted by atomic mass is 32.2. The van der Waals surface area contributed by atoms with Gasteiger partial charge in [-0.05, 0) is 12.1 Å². The maximum absolute atomic E-state index is 8.65. The Bertz CT molecular complexity index is 255. The van der Waals surface area contributed by atoms with Gasteiger partial charge in [0, 0.05) is 0 Å². The zero-order chi connectivity index (χ0) is 8.81. The second kappa shape index (κ2) is 4.79. The first-order valence-corrected chi connectivity index (χ1v) is 4.13. The highest BCUT2D eigenvalue weighted by molar-refractivity contribution is 8.08. The molecule has 0 heterocycles. The molecule has 0 saturated carbocycles. The number of rotatable bonds is 1. The minimum atomic E-state index is 0.237. The number of hydrogen-bond donors (Lipinski definition) is 1. The summed E-state index contributed by atoms with van der Waals surface area (Å²) in [7, 11) is 1.46. The normalized spacial score (nSPS) is 11.3. The van der Waals surface area contributed by atoms with E-state index in [0.717, 1.165) is 5.69 Å². The van der Waals surface area contributed by atoms with Gasteiger partial charge in [0.1, 0.15) is 0 Å². The lowest BCUT2D eigenvalue weighted by Crippen LogP contribution is -1.92. The second-order valence-corrected chi connectivity index (χ2v) is 2.54. The number of nitrogens with zero attached hydrogens (tertiary/aromatic N) is 1. The highest BCUT2D eigenvalue weighted by Crippen LogP contribution is 2.13. The van der Waals surface area contributed by atoms with Gasteiger partial charge in [0.05, 0.1) is 24.8 Å². The van der Waals surface area contributed by atoms with Gasteiger partial charge in [0.15, 0.2) is 0 Å². The van der Waals surface area contributed by atoms with E-state index < -0.39 is 0 Å². The first kappa shape index (κ1) is 9.09. The minimum absolute atomic E-state index is 0.237. The largest absolute Gasteiger partial charge is 0.475 e. The molecule has 4 heteroatoms. The Morgan fingerprint density at radius 2 is 2.08 bits per heavy atom. The maximum atomic E-state index is 8.65. The average Bonchev–Trinajstić information content (AvgIpc) is 2.16. The van der Waals surface area contributed by atoms with E-state index in [0.29, 0.717) is 12.0 Å². The molecule has 3 nitrogen and oxygen atoms in total. The van der Waals surface area contributed by atoms with E-state index in [-0.39, 0.29) is 5.23 Å². The van der Waals surface area contributed by atoms with Crippen molar-refractivity contribution in [2.45, 2.75) is 0 Å². The molecule has 0 spiro atoms. The highest BCUT2D eigenvalue weighted by Gasteiger charge is 1.96. The maximum Gasteiger partial charge on any atom is 0.278 e. The van der Waals surface area contributed by atoms with Crippen LogP contribution in [0, 0.1) is 0 Å². The van der Waals surface area contributed by atoms with Gasteiger partial charge in [-0.15, -0.1) is 0 Å². The molecule has 0 aliphatic rings. The quantitative estimate of drug-likeness (QED) is 0.413. The summed E-state index contributed by atoms with van der Waals surface area (Å²) in [5.41, 5.74) is 0.760. The van der Waals surface area contributed by atoms with Crippen LogP contribution < -0.4 is 0 Å². The molecule has 64 valence electrons. The first-order valence-electron chi connectivity index (χ1n) is 3.36. The summed E-state index contributed by atoms with van der Waals surface area (Å²) < 4.78 is 13.4. The van der Waals surface area contributed by atoms with Gasteiger partial charge < -0.3 is 9.29 Å². The molecule has 12 heavy (non-hydrogen) atoms. The molecule has 0 radical (unpaired) electrons. The molecule has 0 bridgehead atoms. The first-order chi connectivity index (χ1) is 5.86. The van der Waals surface area contributed by atoms with Crippen LogP contribution in [0.3, 0.4) is 0 Å². The van der Waals surface area contributed by atoms with E-state index in [1.807, 2.05) is 30.3 Å². The molecule has 0 amide bonds. The van der Waals surface area contributed by atoms with Crippen LogP contribution in [0.15, 0.2) is 35.3 Å². The van der Waals surface area contributed by atoms with Crippen molar-refractivity contribution in [3.05, 3.63) is 30.3 Å². The molecular weight excluding hydrogens is 174 g/mol. The van der Waals surface area contributed by atoms with Crippen LogP contribution in [-0.4, -0.2) is 16.9 Å². The van der Waals surface area contributed by atoms with Crippen LogP contribution in [0.2, 0.25) is 0 Å². The summed E-state index contributed by atoms with van der Waals surface area (Å²) in [4.78, 5) is 4.00. The molecule has 1 rings (SSSR count). The Balaban J connectivity index is 2.79. The van der Waals surface area contributed by atoms with E-state index in [4.69, 9.17) is 9.29 Å². The van der Waals surface area contributed by atoms with Gasteiger partial charge >= 0.3 is 0 Å². The number of aliphatic imine (C=N–C) groups is 1. The lowest BCUT2D eigenvalue weighted by molar-refractivity contribution is 0.413. The molecule has 0 atom stereocenters. The van der Waals surface area contributed by atoms with Gasteiger partial charge in [-0.1, -0.05) is 18.2 Å². The SMILES string of the molecule is COC(=Nc1ccccc1)SO. The van der Waals surface area contributed by atoms with Crippen LogP contribution in [-0.2, 0) is 4.74 Å². The predicted octanol–water partition coefficient (Wildman–Crippen LogP) is 2.53. The molecule has 0 saturated heterocycles. The third-order valence-corrected chi connectivity index (χ3v) is 1.64. The minimum Gasteiger partial charge on any atom is -0.475 e. The lowest BCUT2D eigenvalue weighted by atomic mass is 10.3. The second-order valence-electron chi connectivity index (χ2n) is 2.01. The van der Waals surface area contributed by atoms with Crippen molar-refractivity contribution < 1.29 is 9.29 Å². The molecule has 0 aliphatic carbocycles. The summed E-state index contributed by atoms with van der Waals surface area (Å²) in [5, 5.41) is 0.237. The lowest BCUT2D eigenvalue weighted by Gasteiger charge is -1.98. The molecular formula is C8H9NO2S. The number of methoxy groups -OCH3 is 1. The van der Waals surface area contributed by atoms with Gasteiger partial charge in [-0.2, -0.15) is 0 Å². The summed E-state index contributed by atoms with van der Waals surface area (Å²) in [6.45, 7) is 0. The van der Waals surface area contributed by atoms with Crippen LogP contribution in [0.5, 0.6) is 0 Å². The van der Waals surface area contributed by atoms with E-state index in [2.05, 4.69) is 4.99 Å². The monoisotopic (exact) mass is 183 g/mol. The summed E-state index contributed by atoms with van der Waals surface area (Å²) in [6.07, 6.45) is 0. The number of ether oxygens (including phenoxy) is 1. The van der Waals surface area contributed by atoms with Crippen molar-refractivity contribution in [2.24, 2.45) is 4.99 Å². The molecule has 1 aromatic rings. The fourth-order valence-corrected chi connectivity index (χ4v) is 0.932. The summed E-state index contributed by atoms with van der Waals surface area (Å²) in [5.74, 6) is 0. The Morgan fingerprint density at radius 1 is 1.42 bits per heavy atom. The van der Waals surface area contributed by atoms with Crippen molar-refractivity contribution in [1.29, 1.82) is 0 Å². The third kappa shape index (κ3) is 2.56.